The van der Waals surface area contributed by atoms with Crippen molar-refractivity contribution in [3.63, 3.8) is 0 Å². The van der Waals surface area contributed by atoms with Gasteiger partial charge in [0.1, 0.15) is 0 Å². The van der Waals surface area contributed by atoms with Crippen LogP contribution >= 0.6 is 11.3 Å². The molecule has 118 valence electrons. The molecule has 0 aliphatic rings. The molecule has 0 unspecified atom stereocenters. The summed E-state index contributed by atoms with van der Waals surface area (Å²) < 4.78 is 42.3. The molecule has 0 aliphatic carbocycles. The van der Waals surface area contributed by atoms with Gasteiger partial charge in [0.15, 0.2) is 0 Å². The molecule has 3 rings (SSSR count). The summed E-state index contributed by atoms with van der Waals surface area (Å²) in [6.07, 6.45) is -4.90. The van der Waals surface area contributed by atoms with E-state index in [0.29, 0.717) is 22.0 Å². The maximum Gasteiger partial charge on any atom is 0.455 e. The van der Waals surface area contributed by atoms with Crippen molar-refractivity contribution in [3.05, 3.63) is 46.8 Å². The van der Waals surface area contributed by atoms with E-state index in [4.69, 9.17) is 4.52 Å². The van der Waals surface area contributed by atoms with Crippen LogP contribution in [0.5, 0.6) is 0 Å². The lowest BCUT2D eigenvalue weighted by atomic mass is 10.1. The number of hydrogen-bond donors (Lipinski definition) is 0. The van der Waals surface area contributed by atoms with Gasteiger partial charge in [0.25, 0.3) is 11.7 Å². The van der Waals surface area contributed by atoms with Crippen molar-refractivity contribution >= 4 is 17.1 Å². The first-order valence-electron chi connectivity index (χ1n) is 6.47. The number of nitrogens with zero attached hydrogens (tertiary/aromatic N) is 2. The third kappa shape index (κ3) is 3.16. The fourth-order valence-electron chi connectivity index (χ4n) is 1.94. The van der Waals surface area contributed by atoms with Gasteiger partial charge in [0.05, 0.1) is 9.75 Å². The highest BCUT2D eigenvalue weighted by Gasteiger charge is 2.40. The van der Waals surface area contributed by atoms with Crippen LogP contribution in [0.15, 0.2) is 40.9 Å². The topological polar surface area (TPSA) is 56.0 Å². The predicted octanol–water partition coefficient (Wildman–Crippen LogP) is 4.52. The minimum absolute atomic E-state index is 0.0766. The Hall–Kier alpha value is -2.48. The molecule has 0 amide bonds. The van der Waals surface area contributed by atoms with Crippen LogP contribution < -0.4 is 0 Å². The predicted molar refractivity (Wildman–Crippen MR) is 78.2 cm³/mol. The number of benzene rings is 1. The number of rotatable bonds is 3. The highest BCUT2D eigenvalue weighted by atomic mass is 32.1. The van der Waals surface area contributed by atoms with Gasteiger partial charge in [-0.2, -0.15) is 18.2 Å². The van der Waals surface area contributed by atoms with Gasteiger partial charge in [-0.15, -0.1) is 11.3 Å². The second-order valence-corrected chi connectivity index (χ2v) is 5.87. The minimum Gasteiger partial charge on any atom is -0.333 e. The second kappa shape index (κ2) is 5.62. The first-order valence-corrected chi connectivity index (χ1v) is 7.29. The first kappa shape index (κ1) is 15.4. The summed E-state index contributed by atoms with van der Waals surface area (Å²) in [7, 11) is 0. The number of Topliss-reactive ketones (excluding diaryl/α,β-unsaturated/α-hetero) is 1. The van der Waals surface area contributed by atoms with Crippen LogP contribution in [0, 0.1) is 6.92 Å². The summed E-state index contributed by atoms with van der Waals surface area (Å²) in [6, 6.07) is 9.88. The molecule has 0 spiro atoms. The largest absolute Gasteiger partial charge is 0.455 e. The summed E-state index contributed by atoms with van der Waals surface area (Å²) in [4.78, 5) is 15.3. The quantitative estimate of drug-likeness (QED) is 0.659. The molecule has 8 heteroatoms. The van der Waals surface area contributed by atoms with Crippen molar-refractivity contribution in [1.29, 1.82) is 0 Å². The van der Waals surface area contributed by atoms with Gasteiger partial charge < -0.3 is 4.52 Å². The maximum atomic E-state index is 12.4. The van der Waals surface area contributed by atoms with E-state index in [0.717, 1.165) is 17.2 Å². The summed E-state index contributed by atoms with van der Waals surface area (Å²) in [5, 5.41) is 3.82. The molecule has 1 aromatic carbocycles. The average molecular weight is 338 g/mol. The van der Waals surface area contributed by atoms with Crippen molar-refractivity contribution in [2.24, 2.45) is 0 Å². The van der Waals surface area contributed by atoms with E-state index in [1.54, 1.807) is 6.07 Å². The summed E-state index contributed by atoms with van der Waals surface area (Å²) in [5.41, 5.74) is 1.76. The number of aryl methyl sites for hydroxylation is 1. The fourth-order valence-corrected chi connectivity index (χ4v) is 2.83. The van der Waals surface area contributed by atoms with E-state index >= 15 is 0 Å². The molecule has 2 aromatic heterocycles. The number of thiophene rings is 1. The molecule has 0 saturated heterocycles. The molecule has 0 atom stereocenters. The molecule has 0 saturated carbocycles. The SMILES string of the molecule is Cc1cccc(-c2noc(-c3ccc(C(=O)C(F)(F)F)s3)n2)c1. The molecular weight excluding hydrogens is 329 g/mol. The van der Waals surface area contributed by atoms with Crippen molar-refractivity contribution in [3.8, 4) is 22.2 Å². The number of carbonyl (C=O) groups excluding carboxylic acids is 1. The molecule has 0 N–H and O–H groups in total. The highest BCUT2D eigenvalue weighted by molar-refractivity contribution is 7.17. The maximum absolute atomic E-state index is 12.4. The summed E-state index contributed by atoms with van der Waals surface area (Å²) in [6.45, 7) is 1.92. The van der Waals surface area contributed by atoms with Gasteiger partial charge in [0.2, 0.25) is 5.82 Å². The van der Waals surface area contributed by atoms with Gasteiger partial charge in [-0.3, -0.25) is 4.79 Å². The van der Waals surface area contributed by atoms with Crippen molar-refractivity contribution in [2.75, 3.05) is 0 Å². The van der Waals surface area contributed by atoms with Crippen molar-refractivity contribution in [2.45, 2.75) is 13.1 Å². The van der Waals surface area contributed by atoms with E-state index < -0.39 is 16.8 Å². The third-order valence-corrected chi connectivity index (χ3v) is 4.07. The Labute approximate surface area is 132 Å². The Morgan fingerprint density at radius 3 is 2.70 bits per heavy atom. The highest BCUT2D eigenvalue weighted by Crippen LogP contribution is 2.32. The van der Waals surface area contributed by atoms with E-state index in [2.05, 4.69) is 10.1 Å². The Kier molecular flexibility index (Phi) is 3.77. The average Bonchev–Trinajstić information content (AvgIpc) is 3.14. The number of ketones is 1. The Bertz CT molecular complexity index is 867. The summed E-state index contributed by atoms with van der Waals surface area (Å²) in [5.74, 6) is -1.47. The lowest BCUT2D eigenvalue weighted by Crippen LogP contribution is -2.21. The standard InChI is InChI=1S/C15H9F3N2O2S/c1-8-3-2-4-9(7-8)13-19-14(22-20-13)11-6-5-10(23-11)12(21)15(16,17)18/h2-7H,1H3. The molecule has 2 heterocycles. The molecule has 3 aromatic rings. The molecule has 4 nitrogen and oxygen atoms in total. The van der Waals surface area contributed by atoms with Crippen LogP contribution in [0.3, 0.4) is 0 Å². The van der Waals surface area contributed by atoms with Gasteiger partial charge in [0, 0.05) is 5.56 Å². The van der Waals surface area contributed by atoms with Gasteiger partial charge in [-0.25, -0.2) is 0 Å². The van der Waals surface area contributed by atoms with Gasteiger partial charge in [-0.05, 0) is 25.1 Å². The lowest BCUT2D eigenvalue weighted by Gasteiger charge is -2.00. The zero-order valence-electron chi connectivity index (χ0n) is 11.7. The van der Waals surface area contributed by atoms with E-state index in [-0.39, 0.29) is 5.89 Å². The van der Waals surface area contributed by atoms with Crippen LogP contribution in [0.4, 0.5) is 13.2 Å². The number of alkyl halides is 3. The van der Waals surface area contributed by atoms with Gasteiger partial charge in [-0.1, -0.05) is 28.9 Å². The van der Waals surface area contributed by atoms with Gasteiger partial charge >= 0.3 is 6.18 Å². The summed E-state index contributed by atoms with van der Waals surface area (Å²) >= 11 is 0.667. The van der Waals surface area contributed by atoms with E-state index in [1.165, 1.54) is 6.07 Å². The normalized spacial score (nSPS) is 11.7. The van der Waals surface area contributed by atoms with Crippen molar-refractivity contribution in [1.82, 2.24) is 10.1 Å². The second-order valence-electron chi connectivity index (χ2n) is 4.78. The van der Waals surface area contributed by atoms with E-state index in [9.17, 15) is 18.0 Å². The van der Waals surface area contributed by atoms with Crippen LogP contribution in [0.25, 0.3) is 22.2 Å². The molecule has 0 aliphatic heterocycles. The monoisotopic (exact) mass is 338 g/mol. The Morgan fingerprint density at radius 2 is 2.00 bits per heavy atom. The molecule has 0 fully saturated rings. The lowest BCUT2D eigenvalue weighted by molar-refractivity contribution is -0.0882. The number of hydrogen-bond acceptors (Lipinski definition) is 5. The molecule has 0 radical (unpaired) electrons. The Balaban J connectivity index is 1.90. The fraction of sp³-hybridized carbons (Fsp3) is 0.133. The minimum atomic E-state index is -4.90. The number of carbonyl (C=O) groups is 1. The Morgan fingerprint density at radius 1 is 1.22 bits per heavy atom. The zero-order chi connectivity index (χ0) is 16.6. The zero-order valence-corrected chi connectivity index (χ0v) is 12.5. The number of aromatic nitrogens is 2. The molecular formula is C15H9F3N2O2S. The molecule has 23 heavy (non-hydrogen) atoms. The van der Waals surface area contributed by atoms with E-state index in [1.807, 2.05) is 25.1 Å². The third-order valence-electron chi connectivity index (χ3n) is 3.00. The van der Waals surface area contributed by atoms with Crippen LogP contribution in [-0.2, 0) is 0 Å². The van der Waals surface area contributed by atoms with Crippen LogP contribution in [0.1, 0.15) is 15.2 Å². The molecule has 0 bridgehead atoms. The first-order chi connectivity index (χ1) is 10.8. The van der Waals surface area contributed by atoms with Crippen molar-refractivity contribution < 1.29 is 22.5 Å². The smallest absolute Gasteiger partial charge is 0.333 e. The number of halogens is 3. The van der Waals surface area contributed by atoms with Crippen LogP contribution in [-0.4, -0.2) is 22.1 Å². The van der Waals surface area contributed by atoms with Crippen LogP contribution in [0.2, 0.25) is 0 Å².